The van der Waals surface area contributed by atoms with Crippen LogP contribution in [0.15, 0.2) is 4.99 Å². The van der Waals surface area contributed by atoms with Crippen molar-refractivity contribution in [3.05, 3.63) is 0 Å². The van der Waals surface area contributed by atoms with Gasteiger partial charge < -0.3 is 15.4 Å². The maximum Gasteiger partial charge on any atom is 0.191 e. The molecule has 2 atom stereocenters. The number of aliphatic imine (C=N–C) groups is 1. The van der Waals surface area contributed by atoms with Crippen molar-refractivity contribution in [2.45, 2.75) is 45.0 Å². The summed E-state index contributed by atoms with van der Waals surface area (Å²) >= 11 is 2.06. The largest absolute Gasteiger partial charge is 0.379 e. The Bertz CT molecular complexity index is 289. The third-order valence-electron chi connectivity index (χ3n) is 3.45. The van der Waals surface area contributed by atoms with E-state index in [9.17, 15) is 0 Å². The summed E-state index contributed by atoms with van der Waals surface area (Å²) in [5, 5.41) is 7.50. The summed E-state index contributed by atoms with van der Waals surface area (Å²) in [7, 11) is 3.58. The van der Waals surface area contributed by atoms with Gasteiger partial charge in [-0.25, -0.2) is 0 Å². The number of nitrogens with zero attached hydrogens (tertiary/aromatic N) is 1. The van der Waals surface area contributed by atoms with Crippen LogP contribution in [0.1, 0.15) is 33.6 Å². The first-order chi connectivity index (χ1) is 8.97. The van der Waals surface area contributed by atoms with Crippen LogP contribution in [0.3, 0.4) is 0 Å². The molecule has 0 aromatic heterocycles. The normalized spacial score (nSPS) is 21.2. The van der Waals surface area contributed by atoms with Gasteiger partial charge in [-0.3, -0.25) is 4.99 Å². The van der Waals surface area contributed by atoms with Crippen LogP contribution in [-0.4, -0.2) is 50.3 Å². The molecule has 1 rings (SSSR count). The molecule has 1 aliphatic rings. The van der Waals surface area contributed by atoms with Gasteiger partial charge in [0.05, 0.1) is 6.10 Å². The van der Waals surface area contributed by atoms with Crippen LogP contribution in [0.25, 0.3) is 0 Å². The average Bonchev–Trinajstić information content (AvgIpc) is 2.85. The van der Waals surface area contributed by atoms with Gasteiger partial charge in [-0.2, -0.15) is 11.8 Å². The molecule has 20 heavy (non-hydrogen) atoms. The molecule has 0 radical (unpaired) electrons. The van der Waals surface area contributed by atoms with Crippen molar-refractivity contribution in [3.8, 4) is 0 Å². The zero-order valence-corrected chi connectivity index (χ0v) is 16.5. The van der Waals surface area contributed by atoms with Gasteiger partial charge in [0.1, 0.15) is 0 Å². The Labute approximate surface area is 145 Å². The zero-order valence-electron chi connectivity index (χ0n) is 13.4. The highest BCUT2D eigenvalue weighted by atomic mass is 127. The van der Waals surface area contributed by atoms with Crippen LogP contribution in [0.5, 0.6) is 0 Å². The summed E-state index contributed by atoms with van der Waals surface area (Å²) < 4.78 is 5.54. The molecular weight excluding hydrogens is 385 g/mol. The molecule has 1 fully saturated rings. The number of halogens is 1. The fraction of sp³-hybridized carbons (Fsp3) is 0.929. The smallest absolute Gasteiger partial charge is 0.191 e. The van der Waals surface area contributed by atoms with Crippen LogP contribution in [-0.2, 0) is 4.74 Å². The van der Waals surface area contributed by atoms with Crippen molar-refractivity contribution in [1.82, 2.24) is 10.6 Å². The van der Waals surface area contributed by atoms with Gasteiger partial charge in [-0.15, -0.1) is 24.0 Å². The predicted octanol–water partition coefficient (Wildman–Crippen LogP) is 2.73. The van der Waals surface area contributed by atoms with Gasteiger partial charge >= 0.3 is 0 Å². The van der Waals surface area contributed by atoms with Crippen LogP contribution < -0.4 is 10.6 Å². The van der Waals surface area contributed by atoms with E-state index in [1.165, 1.54) is 18.6 Å². The first-order valence-corrected chi connectivity index (χ1v) is 8.11. The average molecular weight is 415 g/mol. The number of hydrogen-bond acceptors (Lipinski definition) is 3. The van der Waals surface area contributed by atoms with Gasteiger partial charge in [0.15, 0.2) is 5.96 Å². The first-order valence-electron chi connectivity index (χ1n) is 7.06. The number of hydrogen-bond donors (Lipinski definition) is 2. The highest BCUT2D eigenvalue weighted by Gasteiger charge is 2.24. The van der Waals surface area contributed by atoms with E-state index in [-0.39, 0.29) is 35.5 Å². The van der Waals surface area contributed by atoms with Crippen molar-refractivity contribution >= 4 is 41.7 Å². The van der Waals surface area contributed by atoms with Crippen molar-refractivity contribution in [3.63, 3.8) is 0 Å². The van der Waals surface area contributed by atoms with Crippen LogP contribution in [0.2, 0.25) is 0 Å². The van der Waals surface area contributed by atoms with E-state index in [2.05, 4.69) is 48.2 Å². The van der Waals surface area contributed by atoms with E-state index in [0.29, 0.717) is 0 Å². The second-order valence-corrected chi connectivity index (χ2v) is 7.47. The zero-order chi connectivity index (χ0) is 14.3. The highest BCUT2D eigenvalue weighted by Crippen LogP contribution is 2.25. The summed E-state index contributed by atoms with van der Waals surface area (Å²) in [4.78, 5) is 4.27. The van der Waals surface area contributed by atoms with E-state index >= 15 is 0 Å². The fourth-order valence-electron chi connectivity index (χ4n) is 2.17. The van der Waals surface area contributed by atoms with E-state index in [0.717, 1.165) is 24.3 Å². The highest BCUT2D eigenvalue weighted by molar-refractivity contribution is 14.0. The van der Waals surface area contributed by atoms with E-state index in [1.54, 1.807) is 7.11 Å². The number of nitrogens with one attached hydrogen (secondary N) is 2. The Morgan fingerprint density at radius 1 is 1.40 bits per heavy atom. The third kappa shape index (κ3) is 7.36. The molecule has 0 aliphatic carbocycles. The standard InChI is InChI=1S/C14H29N3OS.HI/c1-14(2,3)12(18-5)10-17-13(15-4)16-9-11-7-6-8-19-11;/h11-12H,6-10H2,1-5H3,(H2,15,16,17);1H. The SMILES string of the molecule is CN=C(NCC1CCCS1)NCC(OC)C(C)(C)C.I. The molecule has 1 aliphatic heterocycles. The van der Waals surface area contributed by atoms with Gasteiger partial charge in [-0.05, 0) is 24.0 Å². The molecule has 0 aromatic carbocycles. The third-order valence-corrected chi connectivity index (χ3v) is 4.85. The predicted molar refractivity (Wildman–Crippen MR) is 101 cm³/mol. The van der Waals surface area contributed by atoms with Crippen molar-refractivity contribution in [1.29, 1.82) is 0 Å². The summed E-state index contributed by atoms with van der Waals surface area (Å²) in [6.45, 7) is 8.34. The Hall–Kier alpha value is 0.310. The summed E-state index contributed by atoms with van der Waals surface area (Å²) in [5.74, 6) is 2.17. The lowest BCUT2D eigenvalue weighted by Crippen LogP contribution is -2.46. The molecule has 2 N–H and O–H groups in total. The molecule has 1 heterocycles. The molecule has 0 aromatic rings. The monoisotopic (exact) mass is 415 g/mol. The second-order valence-electron chi connectivity index (χ2n) is 6.06. The van der Waals surface area contributed by atoms with Crippen molar-refractivity contribution in [2.75, 3.05) is 33.0 Å². The van der Waals surface area contributed by atoms with Crippen LogP contribution in [0.4, 0.5) is 0 Å². The lowest BCUT2D eigenvalue weighted by atomic mass is 9.89. The molecular formula is C14H30IN3OS. The number of methoxy groups -OCH3 is 1. The Balaban J connectivity index is 0.00000361. The number of ether oxygens (including phenoxy) is 1. The Morgan fingerprint density at radius 3 is 2.55 bits per heavy atom. The minimum atomic E-state index is 0. The fourth-order valence-corrected chi connectivity index (χ4v) is 3.37. The summed E-state index contributed by atoms with van der Waals surface area (Å²) in [6, 6.07) is 0. The summed E-state index contributed by atoms with van der Waals surface area (Å²) in [6.07, 6.45) is 2.84. The van der Waals surface area contributed by atoms with Gasteiger partial charge in [0, 0.05) is 32.5 Å². The molecule has 4 nitrogen and oxygen atoms in total. The summed E-state index contributed by atoms with van der Waals surface area (Å²) in [5.41, 5.74) is 0.127. The molecule has 120 valence electrons. The lowest BCUT2D eigenvalue weighted by molar-refractivity contribution is 0.0205. The number of thioether (sulfide) groups is 1. The maximum absolute atomic E-state index is 5.54. The molecule has 1 saturated heterocycles. The van der Waals surface area contributed by atoms with Gasteiger partial charge in [-0.1, -0.05) is 20.8 Å². The van der Waals surface area contributed by atoms with Gasteiger partial charge in [0.25, 0.3) is 0 Å². The van der Waals surface area contributed by atoms with Crippen molar-refractivity contribution in [2.24, 2.45) is 10.4 Å². The maximum atomic E-state index is 5.54. The second kappa shape index (κ2) is 10.1. The Kier molecular flexibility index (Phi) is 10.3. The quantitative estimate of drug-likeness (QED) is 0.412. The lowest BCUT2D eigenvalue weighted by Gasteiger charge is -2.30. The van der Waals surface area contributed by atoms with Crippen LogP contribution in [0, 0.1) is 5.41 Å². The molecule has 0 bridgehead atoms. The van der Waals surface area contributed by atoms with Crippen molar-refractivity contribution < 1.29 is 4.74 Å². The Morgan fingerprint density at radius 2 is 2.10 bits per heavy atom. The molecule has 2 unspecified atom stereocenters. The molecule has 0 saturated carbocycles. The van der Waals surface area contributed by atoms with Gasteiger partial charge in [0.2, 0.25) is 0 Å². The molecule has 0 amide bonds. The number of guanidine groups is 1. The van der Waals surface area contributed by atoms with E-state index < -0.39 is 0 Å². The number of rotatable bonds is 5. The van der Waals surface area contributed by atoms with Crippen LogP contribution >= 0.6 is 35.7 Å². The topological polar surface area (TPSA) is 45.7 Å². The minimum absolute atomic E-state index is 0. The first kappa shape index (κ1) is 20.3. The minimum Gasteiger partial charge on any atom is -0.379 e. The van der Waals surface area contributed by atoms with E-state index in [4.69, 9.17) is 4.74 Å². The molecule has 6 heteroatoms. The van der Waals surface area contributed by atoms with E-state index in [1.807, 2.05) is 7.05 Å². The molecule has 0 spiro atoms.